The zero-order valence-corrected chi connectivity index (χ0v) is 44.6. The maximum absolute atomic E-state index is 13.7. The van der Waals surface area contributed by atoms with E-state index in [-0.39, 0.29) is 25.7 Å². The van der Waals surface area contributed by atoms with Crippen molar-refractivity contribution >= 4 is 11.6 Å². The van der Waals surface area contributed by atoms with Crippen molar-refractivity contribution in [1.82, 2.24) is 0 Å². The molecule has 0 aliphatic carbocycles. The molecule has 21 fully saturated rings. The molecule has 0 aromatic carbocycles. The highest BCUT2D eigenvalue weighted by Gasteiger charge is 2.60. The normalized spacial score (nSPS) is 52.1. The fourth-order valence-corrected chi connectivity index (χ4v) is 11.2. The van der Waals surface area contributed by atoms with E-state index in [0.717, 1.165) is 0 Å². The molecule has 0 spiro atoms. The van der Waals surface area contributed by atoms with E-state index in [1.807, 2.05) is 0 Å². The second-order valence-corrected chi connectivity index (χ2v) is 21.5. The van der Waals surface area contributed by atoms with E-state index in [2.05, 4.69) is 0 Å². The number of ketones is 2. The van der Waals surface area contributed by atoms with Crippen molar-refractivity contribution in [2.75, 3.05) is 33.0 Å². The van der Waals surface area contributed by atoms with Crippen LogP contribution in [0.2, 0.25) is 0 Å². The Morgan fingerprint density at radius 2 is 0.422 bits per heavy atom. The first-order chi connectivity index (χ1) is 39.5. The summed E-state index contributed by atoms with van der Waals surface area (Å²) in [5.41, 5.74) is 0. The molecule has 0 aromatic heterocycles. The van der Waals surface area contributed by atoms with Gasteiger partial charge in [0.25, 0.3) is 0 Å². The van der Waals surface area contributed by atoms with Gasteiger partial charge in [0.05, 0.1) is 33.0 Å². The van der Waals surface area contributed by atoms with E-state index in [0.29, 0.717) is 0 Å². The minimum Gasteiger partial charge on any atom is -0.394 e. The van der Waals surface area contributed by atoms with Crippen molar-refractivity contribution in [3.8, 4) is 0 Å². The van der Waals surface area contributed by atoms with Gasteiger partial charge in [-0.05, 0) is 12.8 Å². The summed E-state index contributed by atoms with van der Waals surface area (Å²) in [6, 6.07) is 0. The number of rotatable bonds is 11. The Morgan fingerprint density at radius 3 is 0.602 bits per heavy atom. The van der Waals surface area contributed by atoms with Gasteiger partial charge in [-0.2, -0.15) is 0 Å². The minimum absolute atomic E-state index is 0.164. The molecule has 0 amide bonds. The Kier molecular flexibility index (Phi) is 23.1. The van der Waals surface area contributed by atoms with Gasteiger partial charge in [-0.1, -0.05) is 13.8 Å². The summed E-state index contributed by atoms with van der Waals surface area (Å²) >= 11 is 0. The lowest BCUT2D eigenvalue weighted by Gasteiger charge is -2.50. The van der Waals surface area contributed by atoms with Crippen molar-refractivity contribution in [2.45, 2.75) is 254 Å². The third-order valence-electron chi connectivity index (χ3n) is 15.9. The SMILES string of the molecule is CCCC(=O)[C@H]1O[C@@H]2O[C@H]3[C@H](O)[C@@H](O)[C@@H](O[C@H]4[C@H](O)[C@@H](O)[C@@H](O[C@H]5[C@H](O)[C@@H](O)[C@@H](O[C@H]6[C@H](O)[C@@H](O)[C@@H](O[C@H]7[C@H](O)[C@H](O)[C@@H](O[C@H]8[C@H](O)[C@H](O)[C@@H](O[C@H]1[C@H](O)[C@H]2O)O[C@@H]8CO)O[C@@H]7CO)O[C@@H]6C(=O)CCC)O[C@@H]5CO)O[C@@H]4CO)O[C@@H]3CO. The lowest BCUT2D eigenvalue weighted by atomic mass is 9.93. The van der Waals surface area contributed by atoms with Crippen molar-refractivity contribution < 1.29 is 173 Å². The number of carbonyl (C=O) groups excluding carboxylic acids is 2. The first-order valence-corrected chi connectivity index (χ1v) is 27.3. The van der Waals surface area contributed by atoms with E-state index < -0.39 is 260 Å². The molecular weight excluding hydrogens is 1140 g/mol. The van der Waals surface area contributed by atoms with Gasteiger partial charge < -0.3 is 163 Å². The van der Waals surface area contributed by atoms with Crippen molar-refractivity contribution in [1.29, 1.82) is 0 Å². The molecule has 35 atom stereocenters. The van der Waals surface area contributed by atoms with Gasteiger partial charge in [-0.15, -0.1) is 0 Å². The highest BCUT2D eigenvalue weighted by molar-refractivity contribution is 5.84. The molecule has 21 aliphatic rings. The molecule has 21 aliphatic heterocycles. The van der Waals surface area contributed by atoms with E-state index in [1.165, 1.54) is 0 Å². The number of Topliss-reactive ketones (excluding diaryl/α,β-unsaturated/α-hetero) is 2. The summed E-state index contributed by atoms with van der Waals surface area (Å²) in [6.45, 7) is -2.17. The average molecular weight is 1220 g/mol. The number of hydrogen-bond donors (Lipinski definition) is 19. The maximum atomic E-state index is 13.7. The van der Waals surface area contributed by atoms with Crippen molar-refractivity contribution in [3.05, 3.63) is 0 Å². The largest absolute Gasteiger partial charge is 0.394 e. The van der Waals surface area contributed by atoms with Crippen LogP contribution in [0.15, 0.2) is 0 Å². The van der Waals surface area contributed by atoms with E-state index in [9.17, 15) is 107 Å². The topological polar surface area (TPSA) is 548 Å². The Balaban J connectivity index is 1.11. The van der Waals surface area contributed by atoms with Crippen LogP contribution < -0.4 is 0 Å². The number of aliphatic hydroxyl groups is 19. The number of hydrogen-bond acceptors (Lipinski definition) is 35. The Morgan fingerprint density at radius 1 is 0.253 bits per heavy atom. The summed E-state index contributed by atoms with van der Waals surface area (Å²) in [5.74, 6) is -1.63. The number of aliphatic hydroxyl groups excluding tert-OH is 19. The third-order valence-corrected chi connectivity index (χ3v) is 15.9. The van der Waals surface area contributed by atoms with Gasteiger partial charge >= 0.3 is 0 Å². The van der Waals surface area contributed by atoms with Crippen LogP contribution in [0.1, 0.15) is 39.5 Å². The molecule has 21 rings (SSSR count). The lowest BCUT2D eigenvalue weighted by molar-refractivity contribution is -0.394. The van der Waals surface area contributed by atoms with Gasteiger partial charge in [-0.25, -0.2) is 0 Å². The summed E-state index contributed by atoms with van der Waals surface area (Å²) in [6.07, 6.45) is -72.5. The highest BCUT2D eigenvalue weighted by Crippen LogP contribution is 2.39. The number of ether oxygens (including phenoxy) is 14. The van der Waals surface area contributed by atoms with Crippen molar-refractivity contribution in [3.63, 3.8) is 0 Å². The standard InChI is InChI=1S/C48H78O35/c1-3-5-12(54)33-40-25(62)32(69)48(76-33)81-39-18(11-53)72-44(28(65)21(39)58)79-37-16(9-51)74-46(30(67)23(37)60)83-41-24(61)31(68)47(75-34(41)13(55)6-4-2)80-38-17(10-52)71-43(27(64)20(38)57)77-35-14(7-49)70-42(26(63)19(35)56)78-36-15(8-50)73-45(82-40)29(66)22(36)59/h14-53,56-69H,3-11H2,1-2H3/t14-,15-,16-,17-,18-,19-,20-,21-,22-,23-,24-,25-,26-,27-,28+,29-,30+,31-,32-,33-,34-,35-,36-,37-,38-,39-,40+,41+,42-,43-,44-,45-,46-,47-,48-/m1/s1. The average Bonchev–Trinajstić information content (AvgIpc) is 3.57. The van der Waals surface area contributed by atoms with Crippen LogP contribution in [0.5, 0.6) is 0 Å². The summed E-state index contributed by atoms with van der Waals surface area (Å²) in [7, 11) is 0. The zero-order chi connectivity index (χ0) is 60.6. The predicted molar refractivity (Wildman–Crippen MR) is 254 cm³/mol. The summed E-state index contributed by atoms with van der Waals surface area (Å²) in [4.78, 5) is 27.4. The van der Waals surface area contributed by atoms with Crippen LogP contribution in [0.4, 0.5) is 0 Å². The Bertz CT molecular complexity index is 2040. The molecule has 480 valence electrons. The van der Waals surface area contributed by atoms with Gasteiger partial charge in [-0.3, -0.25) is 9.59 Å². The van der Waals surface area contributed by atoms with Gasteiger partial charge in [0.2, 0.25) is 0 Å². The first kappa shape index (κ1) is 67.0. The van der Waals surface area contributed by atoms with Crippen LogP contribution in [0.3, 0.4) is 0 Å². The molecule has 14 bridgehead atoms. The van der Waals surface area contributed by atoms with Gasteiger partial charge in [0.1, 0.15) is 171 Å². The molecule has 0 radical (unpaired) electrons. The van der Waals surface area contributed by atoms with Crippen molar-refractivity contribution in [2.24, 2.45) is 0 Å². The van der Waals surface area contributed by atoms with Crippen LogP contribution in [0.25, 0.3) is 0 Å². The molecule has 21 saturated heterocycles. The second-order valence-electron chi connectivity index (χ2n) is 21.5. The Labute approximate surface area is 471 Å². The maximum Gasteiger partial charge on any atom is 0.187 e. The fourth-order valence-electron chi connectivity index (χ4n) is 11.2. The molecule has 0 unspecified atom stereocenters. The number of carbonyl (C=O) groups is 2. The molecular formula is C48H78O35. The zero-order valence-electron chi connectivity index (χ0n) is 44.6. The van der Waals surface area contributed by atoms with E-state index >= 15 is 0 Å². The molecule has 19 N–H and O–H groups in total. The van der Waals surface area contributed by atoms with Crippen LogP contribution in [0, 0.1) is 0 Å². The van der Waals surface area contributed by atoms with Gasteiger partial charge in [0, 0.05) is 12.8 Å². The second kappa shape index (κ2) is 28.7. The molecule has 83 heavy (non-hydrogen) atoms. The van der Waals surface area contributed by atoms with Crippen LogP contribution in [-0.2, 0) is 75.9 Å². The van der Waals surface area contributed by atoms with Gasteiger partial charge in [0.15, 0.2) is 55.6 Å². The smallest absolute Gasteiger partial charge is 0.187 e. The summed E-state index contributed by atoms with van der Waals surface area (Å²) < 4.78 is 80.8. The monoisotopic (exact) mass is 1210 g/mol. The van der Waals surface area contributed by atoms with Crippen LogP contribution >= 0.6 is 0 Å². The third kappa shape index (κ3) is 13.5. The molecule has 35 heteroatoms. The highest BCUT2D eigenvalue weighted by atomic mass is 16.8. The fraction of sp³-hybridized carbons (Fsp3) is 0.958. The molecule has 0 aromatic rings. The minimum atomic E-state index is -2.27. The molecule has 0 saturated carbocycles. The molecule has 21 heterocycles. The Hall–Kier alpha value is -1.98. The van der Waals surface area contributed by atoms with E-state index in [4.69, 9.17) is 66.3 Å². The first-order valence-electron chi connectivity index (χ1n) is 27.3. The van der Waals surface area contributed by atoms with Crippen LogP contribution in [-0.4, -0.2) is 357 Å². The predicted octanol–water partition coefficient (Wildman–Crippen LogP) is -12.5. The molecule has 35 nitrogen and oxygen atoms in total. The lowest BCUT2D eigenvalue weighted by Crippen LogP contribution is -2.68. The van der Waals surface area contributed by atoms with E-state index in [1.54, 1.807) is 13.8 Å². The summed E-state index contributed by atoms with van der Waals surface area (Å²) in [5, 5.41) is 213. The quantitative estimate of drug-likeness (QED) is 0.0913.